The minimum absolute atomic E-state index is 0.0507. The fourth-order valence-electron chi connectivity index (χ4n) is 1.97. The molecule has 5 heteroatoms. The van der Waals surface area contributed by atoms with E-state index in [1.807, 2.05) is 44.9 Å². The highest BCUT2D eigenvalue weighted by Gasteiger charge is 2.23. The van der Waals surface area contributed by atoms with Crippen LogP contribution < -0.4 is 5.56 Å². The molecule has 0 aliphatic heterocycles. The highest BCUT2D eigenvalue weighted by atomic mass is 16.3. The van der Waals surface area contributed by atoms with Crippen molar-refractivity contribution in [2.24, 2.45) is 0 Å². The summed E-state index contributed by atoms with van der Waals surface area (Å²) in [5, 5.41) is 9.39. The van der Waals surface area contributed by atoms with Gasteiger partial charge in [0.2, 0.25) is 0 Å². The lowest BCUT2D eigenvalue weighted by atomic mass is 10.1. The van der Waals surface area contributed by atoms with Gasteiger partial charge in [0.15, 0.2) is 0 Å². The molecule has 0 aliphatic rings. The van der Waals surface area contributed by atoms with Gasteiger partial charge in [-0.3, -0.25) is 14.1 Å². The van der Waals surface area contributed by atoms with Crippen LogP contribution in [0.4, 0.5) is 0 Å². The van der Waals surface area contributed by atoms with E-state index in [9.17, 15) is 9.90 Å². The molecule has 2 rings (SSSR count). The summed E-state index contributed by atoms with van der Waals surface area (Å²) in [7, 11) is 1.91. The fourth-order valence-corrected chi connectivity index (χ4v) is 1.97. The van der Waals surface area contributed by atoms with Crippen LogP contribution in [0.3, 0.4) is 0 Å². The Morgan fingerprint density at radius 1 is 1.45 bits per heavy atom. The molecule has 0 fully saturated rings. The molecule has 0 bridgehead atoms. The number of aliphatic hydroxyl groups is 1. The lowest BCUT2D eigenvalue weighted by Gasteiger charge is -2.33. The number of rotatable bonds is 4. The van der Waals surface area contributed by atoms with Crippen molar-refractivity contribution in [3.05, 3.63) is 46.0 Å². The number of hydrogen-bond donors (Lipinski definition) is 1. The van der Waals surface area contributed by atoms with E-state index in [1.54, 1.807) is 16.7 Å². The lowest BCUT2D eigenvalue weighted by molar-refractivity contribution is 0.0724. The third-order valence-electron chi connectivity index (χ3n) is 3.76. The summed E-state index contributed by atoms with van der Waals surface area (Å²) >= 11 is 0. The van der Waals surface area contributed by atoms with Crippen LogP contribution in [0.25, 0.3) is 5.65 Å². The number of fused-ring (bicyclic) bond motifs is 1. The highest BCUT2D eigenvalue weighted by Crippen LogP contribution is 2.14. The molecular formula is C15H21N3O2. The van der Waals surface area contributed by atoms with Crippen molar-refractivity contribution in [2.75, 3.05) is 13.7 Å². The Bertz CT molecular complexity index is 676. The molecule has 2 aromatic heterocycles. The summed E-state index contributed by atoms with van der Waals surface area (Å²) in [6.45, 7) is 6.41. The predicted molar refractivity (Wildman–Crippen MR) is 78.8 cm³/mol. The predicted octanol–water partition coefficient (Wildman–Crippen LogP) is 1.21. The molecule has 0 spiro atoms. The number of aliphatic hydroxyl groups excluding tert-OH is 1. The lowest BCUT2D eigenvalue weighted by Crippen LogP contribution is -2.44. The van der Waals surface area contributed by atoms with E-state index >= 15 is 0 Å². The van der Waals surface area contributed by atoms with Crippen molar-refractivity contribution in [1.82, 2.24) is 14.3 Å². The normalized spacial score (nSPS) is 12.3. The van der Waals surface area contributed by atoms with Gasteiger partial charge in [-0.2, -0.15) is 0 Å². The quantitative estimate of drug-likeness (QED) is 0.911. The van der Waals surface area contributed by atoms with Crippen molar-refractivity contribution in [3.63, 3.8) is 0 Å². The van der Waals surface area contributed by atoms with Gasteiger partial charge in [0, 0.05) is 24.3 Å². The summed E-state index contributed by atoms with van der Waals surface area (Å²) in [4.78, 5) is 18.7. The Hall–Kier alpha value is -1.72. The highest BCUT2D eigenvalue weighted by molar-refractivity contribution is 5.46. The van der Waals surface area contributed by atoms with E-state index in [2.05, 4.69) is 4.98 Å². The Kier molecular flexibility index (Phi) is 3.92. The van der Waals surface area contributed by atoms with Gasteiger partial charge in [0.25, 0.3) is 5.56 Å². The van der Waals surface area contributed by atoms with Gasteiger partial charge >= 0.3 is 0 Å². The molecule has 0 atom stereocenters. The SMILES string of the molecule is Cc1cccn2c(=O)cc(CN(C)C(C)(C)CO)nc12. The number of hydrogen-bond acceptors (Lipinski definition) is 4. The van der Waals surface area contributed by atoms with Gasteiger partial charge in [-0.25, -0.2) is 4.98 Å². The van der Waals surface area contributed by atoms with Crippen LogP contribution in [-0.4, -0.2) is 38.6 Å². The molecule has 1 N–H and O–H groups in total. The van der Waals surface area contributed by atoms with Crippen molar-refractivity contribution >= 4 is 5.65 Å². The molecular weight excluding hydrogens is 254 g/mol. The zero-order valence-corrected chi connectivity index (χ0v) is 12.4. The van der Waals surface area contributed by atoms with Gasteiger partial charge in [-0.05, 0) is 39.4 Å². The van der Waals surface area contributed by atoms with Gasteiger partial charge in [0.05, 0.1) is 12.3 Å². The number of likely N-dealkylation sites (N-methyl/N-ethyl adjacent to an activating group) is 1. The van der Waals surface area contributed by atoms with Gasteiger partial charge in [-0.1, -0.05) is 6.07 Å². The number of pyridine rings is 1. The third kappa shape index (κ3) is 2.73. The standard InChI is InChI=1S/C15H21N3O2/c1-11-6-5-7-18-13(20)8-12(16-14(11)18)9-17(4)15(2,3)10-19/h5-8,19H,9-10H2,1-4H3. The minimum Gasteiger partial charge on any atom is -0.394 e. The molecule has 0 saturated carbocycles. The Labute approximate surface area is 118 Å². The second-order valence-corrected chi connectivity index (χ2v) is 5.80. The topological polar surface area (TPSA) is 57.8 Å². The first-order valence-electron chi connectivity index (χ1n) is 6.65. The third-order valence-corrected chi connectivity index (χ3v) is 3.76. The Morgan fingerprint density at radius 2 is 2.15 bits per heavy atom. The molecule has 0 amide bonds. The van der Waals surface area contributed by atoms with Crippen molar-refractivity contribution < 1.29 is 5.11 Å². The maximum Gasteiger partial charge on any atom is 0.258 e. The van der Waals surface area contributed by atoms with Crippen LogP contribution >= 0.6 is 0 Å². The second-order valence-electron chi connectivity index (χ2n) is 5.80. The average Bonchev–Trinajstić information content (AvgIpc) is 2.40. The summed E-state index contributed by atoms with van der Waals surface area (Å²) in [6, 6.07) is 5.33. The first kappa shape index (κ1) is 14.7. The molecule has 0 saturated heterocycles. The van der Waals surface area contributed by atoms with E-state index in [1.165, 1.54) is 0 Å². The summed E-state index contributed by atoms with van der Waals surface area (Å²) in [6.07, 6.45) is 1.73. The molecule has 5 nitrogen and oxygen atoms in total. The van der Waals surface area contributed by atoms with Crippen LogP contribution in [0, 0.1) is 6.92 Å². The van der Waals surface area contributed by atoms with E-state index in [4.69, 9.17) is 0 Å². The van der Waals surface area contributed by atoms with Crippen LogP contribution in [0.2, 0.25) is 0 Å². The average molecular weight is 275 g/mol. The summed E-state index contributed by atoms with van der Waals surface area (Å²) in [5.41, 5.74) is 1.94. The van der Waals surface area contributed by atoms with Crippen molar-refractivity contribution in [2.45, 2.75) is 32.9 Å². The fraction of sp³-hybridized carbons (Fsp3) is 0.467. The maximum absolute atomic E-state index is 12.1. The molecule has 0 radical (unpaired) electrons. The molecule has 0 aromatic carbocycles. The van der Waals surface area contributed by atoms with Crippen molar-refractivity contribution in [3.8, 4) is 0 Å². The molecule has 0 aliphatic carbocycles. The zero-order chi connectivity index (χ0) is 14.9. The van der Waals surface area contributed by atoms with E-state index in [-0.39, 0.29) is 17.7 Å². The van der Waals surface area contributed by atoms with Crippen LogP contribution in [-0.2, 0) is 6.54 Å². The van der Waals surface area contributed by atoms with E-state index in [0.29, 0.717) is 17.9 Å². The monoisotopic (exact) mass is 275 g/mol. The molecule has 2 heterocycles. The number of aryl methyl sites for hydroxylation is 1. The molecule has 2 aromatic rings. The number of aromatic nitrogens is 2. The Balaban J connectivity index is 2.42. The van der Waals surface area contributed by atoms with E-state index in [0.717, 1.165) is 5.56 Å². The van der Waals surface area contributed by atoms with Gasteiger partial charge < -0.3 is 5.11 Å². The summed E-state index contributed by atoms with van der Waals surface area (Å²) in [5.74, 6) is 0. The number of nitrogens with zero attached hydrogens (tertiary/aromatic N) is 3. The molecule has 0 unspecified atom stereocenters. The first-order valence-corrected chi connectivity index (χ1v) is 6.65. The maximum atomic E-state index is 12.1. The van der Waals surface area contributed by atoms with Gasteiger partial charge in [0.1, 0.15) is 5.65 Å². The van der Waals surface area contributed by atoms with Crippen LogP contribution in [0.1, 0.15) is 25.1 Å². The van der Waals surface area contributed by atoms with Gasteiger partial charge in [-0.15, -0.1) is 0 Å². The minimum atomic E-state index is -0.349. The van der Waals surface area contributed by atoms with Crippen LogP contribution in [0.15, 0.2) is 29.2 Å². The van der Waals surface area contributed by atoms with Crippen LogP contribution in [0.5, 0.6) is 0 Å². The Morgan fingerprint density at radius 3 is 2.80 bits per heavy atom. The second kappa shape index (κ2) is 5.34. The summed E-state index contributed by atoms with van der Waals surface area (Å²) < 4.78 is 1.55. The van der Waals surface area contributed by atoms with E-state index < -0.39 is 0 Å². The largest absolute Gasteiger partial charge is 0.394 e. The smallest absolute Gasteiger partial charge is 0.258 e. The molecule has 20 heavy (non-hydrogen) atoms. The first-order chi connectivity index (χ1) is 9.35. The van der Waals surface area contributed by atoms with Crippen molar-refractivity contribution in [1.29, 1.82) is 0 Å². The molecule has 108 valence electrons. The zero-order valence-electron chi connectivity index (χ0n) is 12.4.